The van der Waals surface area contributed by atoms with Gasteiger partial charge in [-0.05, 0) is 19.1 Å². The van der Waals surface area contributed by atoms with Crippen LogP contribution in [0.1, 0.15) is 16.2 Å². The fraction of sp³-hybridized carbons (Fsp3) is 0.0909. The Morgan fingerprint density at radius 1 is 1.50 bits per heavy atom. The molecule has 1 N–H and O–H groups in total. The monoisotopic (exact) mass is 235 g/mol. The van der Waals surface area contributed by atoms with Crippen molar-refractivity contribution in [3.05, 3.63) is 40.7 Å². The van der Waals surface area contributed by atoms with Gasteiger partial charge in [-0.1, -0.05) is 23.7 Å². The molecule has 16 heavy (non-hydrogen) atoms. The summed E-state index contributed by atoms with van der Waals surface area (Å²) in [5, 5.41) is 11.3. The molecule has 0 atom stereocenters. The van der Waals surface area contributed by atoms with Crippen LogP contribution in [0.15, 0.2) is 24.3 Å². The number of aromatic carboxylic acids is 1. The van der Waals surface area contributed by atoms with E-state index in [1.165, 1.54) is 0 Å². The molecule has 0 bridgehead atoms. The van der Waals surface area contributed by atoms with E-state index in [1.807, 2.05) is 0 Å². The minimum Gasteiger partial charge on any atom is -0.543 e. The van der Waals surface area contributed by atoms with Crippen molar-refractivity contribution >= 4 is 17.6 Å². The molecule has 0 saturated carbocycles. The summed E-state index contributed by atoms with van der Waals surface area (Å²) in [7, 11) is 0. The Morgan fingerprint density at radius 3 is 2.81 bits per heavy atom. The standard InChI is InChI=1S/C11H9ClN2O2/c1-6-9(11(15)16)14-10(13-6)7-3-2-4-8(12)5-7/h2-5H,1H3,(H,13,14)(H,15,16)/p-1. The number of carbonyl (C=O) groups excluding carboxylic acids is 1. The first kappa shape index (κ1) is 10.7. The zero-order valence-corrected chi connectivity index (χ0v) is 9.21. The average molecular weight is 236 g/mol. The van der Waals surface area contributed by atoms with Crippen molar-refractivity contribution in [2.45, 2.75) is 6.92 Å². The zero-order valence-electron chi connectivity index (χ0n) is 8.45. The van der Waals surface area contributed by atoms with E-state index < -0.39 is 5.97 Å². The van der Waals surface area contributed by atoms with Crippen LogP contribution in [-0.2, 0) is 0 Å². The molecule has 2 rings (SSSR count). The van der Waals surface area contributed by atoms with Gasteiger partial charge in [-0.15, -0.1) is 0 Å². The van der Waals surface area contributed by atoms with E-state index in [2.05, 4.69) is 9.97 Å². The van der Waals surface area contributed by atoms with Gasteiger partial charge in [0.05, 0.1) is 5.97 Å². The highest BCUT2D eigenvalue weighted by molar-refractivity contribution is 6.30. The molecular formula is C11H8ClN2O2-. The number of nitrogens with one attached hydrogen (secondary N) is 1. The molecule has 0 aliphatic carbocycles. The van der Waals surface area contributed by atoms with Crippen molar-refractivity contribution in [2.24, 2.45) is 0 Å². The van der Waals surface area contributed by atoms with E-state index in [1.54, 1.807) is 31.2 Å². The second-order valence-electron chi connectivity index (χ2n) is 3.36. The number of rotatable bonds is 2. The summed E-state index contributed by atoms with van der Waals surface area (Å²) in [4.78, 5) is 17.5. The maximum Gasteiger partial charge on any atom is 0.138 e. The molecule has 2 aromatic rings. The predicted molar refractivity (Wildman–Crippen MR) is 58.1 cm³/mol. The minimum absolute atomic E-state index is 0.0741. The second-order valence-corrected chi connectivity index (χ2v) is 3.79. The van der Waals surface area contributed by atoms with E-state index in [-0.39, 0.29) is 5.69 Å². The predicted octanol–water partition coefficient (Wildman–Crippen LogP) is 1.40. The van der Waals surface area contributed by atoms with Gasteiger partial charge in [-0.2, -0.15) is 0 Å². The molecule has 0 fully saturated rings. The Balaban J connectivity index is 2.49. The first-order valence-corrected chi connectivity index (χ1v) is 4.99. The number of hydrogen-bond donors (Lipinski definition) is 1. The van der Waals surface area contributed by atoms with Crippen molar-refractivity contribution in [3.8, 4) is 11.4 Å². The van der Waals surface area contributed by atoms with E-state index in [9.17, 15) is 9.90 Å². The zero-order chi connectivity index (χ0) is 11.7. The topological polar surface area (TPSA) is 68.8 Å². The summed E-state index contributed by atoms with van der Waals surface area (Å²) in [6.07, 6.45) is 0. The molecule has 82 valence electrons. The highest BCUT2D eigenvalue weighted by Crippen LogP contribution is 2.21. The maximum atomic E-state index is 10.7. The van der Waals surface area contributed by atoms with Crippen LogP contribution in [0.3, 0.4) is 0 Å². The number of H-pyrrole nitrogens is 1. The molecule has 0 aliphatic heterocycles. The molecular weight excluding hydrogens is 228 g/mol. The molecule has 0 spiro atoms. The SMILES string of the molecule is Cc1[nH]c(-c2cccc(Cl)c2)nc1C(=O)[O-]. The summed E-state index contributed by atoms with van der Waals surface area (Å²) < 4.78 is 0. The van der Waals surface area contributed by atoms with Gasteiger partial charge in [0.15, 0.2) is 0 Å². The lowest BCUT2D eigenvalue weighted by Gasteiger charge is -1.97. The molecule has 0 unspecified atom stereocenters. The Morgan fingerprint density at radius 2 is 2.25 bits per heavy atom. The summed E-state index contributed by atoms with van der Waals surface area (Å²) >= 11 is 5.83. The van der Waals surface area contributed by atoms with Crippen LogP contribution in [0.5, 0.6) is 0 Å². The first-order chi connectivity index (χ1) is 7.58. The van der Waals surface area contributed by atoms with Crippen molar-refractivity contribution in [3.63, 3.8) is 0 Å². The Hall–Kier alpha value is -1.81. The van der Waals surface area contributed by atoms with Crippen LogP contribution in [-0.4, -0.2) is 15.9 Å². The van der Waals surface area contributed by atoms with Gasteiger partial charge in [-0.3, -0.25) is 0 Å². The van der Waals surface area contributed by atoms with Gasteiger partial charge in [0.2, 0.25) is 0 Å². The third-order valence-electron chi connectivity index (χ3n) is 2.18. The second kappa shape index (κ2) is 3.98. The van der Waals surface area contributed by atoms with Crippen LogP contribution in [0.2, 0.25) is 5.02 Å². The molecule has 1 heterocycles. The molecule has 5 heteroatoms. The number of aromatic amines is 1. The fourth-order valence-corrected chi connectivity index (χ4v) is 1.62. The van der Waals surface area contributed by atoms with E-state index >= 15 is 0 Å². The average Bonchev–Trinajstić information content (AvgIpc) is 2.60. The van der Waals surface area contributed by atoms with Gasteiger partial charge in [0.25, 0.3) is 0 Å². The lowest BCUT2D eigenvalue weighted by molar-refractivity contribution is -0.255. The minimum atomic E-state index is -1.29. The summed E-state index contributed by atoms with van der Waals surface area (Å²) in [6, 6.07) is 7.01. The third kappa shape index (κ3) is 1.92. The van der Waals surface area contributed by atoms with E-state index in [0.717, 1.165) is 5.56 Å². The molecule has 0 aliphatic rings. The largest absolute Gasteiger partial charge is 0.543 e. The van der Waals surface area contributed by atoms with Gasteiger partial charge in [0, 0.05) is 16.3 Å². The number of hydrogen-bond acceptors (Lipinski definition) is 3. The lowest BCUT2D eigenvalue weighted by atomic mass is 10.2. The normalized spacial score (nSPS) is 10.4. The van der Waals surface area contributed by atoms with Gasteiger partial charge in [-0.25, -0.2) is 4.98 Å². The van der Waals surface area contributed by atoms with E-state index in [0.29, 0.717) is 16.5 Å². The van der Waals surface area contributed by atoms with Crippen LogP contribution in [0, 0.1) is 6.92 Å². The number of imidazole rings is 1. The highest BCUT2D eigenvalue weighted by atomic mass is 35.5. The number of benzene rings is 1. The van der Waals surface area contributed by atoms with Crippen molar-refractivity contribution in [2.75, 3.05) is 0 Å². The van der Waals surface area contributed by atoms with E-state index in [4.69, 9.17) is 11.6 Å². The number of halogens is 1. The van der Waals surface area contributed by atoms with Crippen LogP contribution < -0.4 is 5.11 Å². The number of aromatic nitrogens is 2. The summed E-state index contributed by atoms with van der Waals surface area (Å²) in [6.45, 7) is 1.63. The first-order valence-electron chi connectivity index (χ1n) is 4.62. The maximum absolute atomic E-state index is 10.7. The number of carbonyl (C=O) groups is 1. The van der Waals surface area contributed by atoms with Crippen LogP contribution in [0.4, 0.5) is 0 Å². The molecule has 0 saturated heterocycles. The highest BCUT2D eigenvalue weighted by Gasteiger charge is 2.09. The van der Waals surface area contributed by atoms with Gasteiger partial charge in [0.1, 0.15) is 11.5 Å². The van der Waals surface area contributed by atoms with Crippen LogP contribution in [0.25, 0.3) is 11.4 Å². The molecule has 1 aromatic carbocycles. The lowest BCUT2D eigenvalue weighted by Crippen LogP contribution is -2.23. The van der Waals surface area contributed by atoms with Gasteiger partial charge < -0.3 is 14.9 Å². The van der Waals surface area contributed by atoms with Gasteiger partial charge >= 0.3 is 0 Å². The molecule has 1 aromatic heterocycles. The van der Waals surface area contributed by atoms with Crippen LogP contribution >= 0.6 is 11.6 Å². The molecule has 4 nitrogen and oxygen atoms in total. The summed E-state index contributed by atoms with van der Waals surface area (Å²) in [5.74, 6) is -0.818. The number of aryl methyl sites for hydroxylation is 1. The van der Waals surface area contributed by atoms with Crippen molar-refractivity contribution in [1.29, 1.82) is 0 Å². The third-order valence-corrected chi connectivity index (χ3v) is 2.41. The molecule has 0 amide bonds. The Kier molecular flexibility index (Phi) is 2.66. The number of nitrogens with zero attached hydrogens (tertiary/aromatic N) is 1. The summed E-state index contributed by atoms with van der Waals surface area (Å²) in [5.41, 5.74) is 1.13. The Bertz CT molecular complexity index is 549. The fourth-order valence-electron chi connectivity index (χ4n) is 1.43. The molecule has 0 radical (unpaired) electrons. The van der Waals surface area contributed by atoms with Crippen molar-refractivity contribution in [1.82, 2.24) is 9.97 Å². The number of carboxylic acids is 1. The van der Waals surface area contributed by atoms with Crippen molar-refractivity contribution < 1.29 is 9.90 Å². The smallest absolute Gasteiger partial charge is 0.138 e. The number of carboxylic acid groups (broad SMARTS) is 1. The quantitative estimate of drug-likeness (QED) is 0.856. The Labute approximate surface area is 96.9 Å².